The standard InChI is InChI=1S/C19H23N3O2/c1-12(2)9-21-18(23)15-8-16(11-20-10-15)19(24)22-17-7-13(3)5-6-14(17)4/h5-8,10-12H,9H2,1-4H3,(H,21,23)(H,22,24). The summed E-state index contributed by atoms with van der Waals surface area (Å²) in [6.45, 7) is 8.52. The largest absolute Gasteiger partial charge is 0.352 e. The molecule has 0 spiro atoms. The number of hydrogen-bond donors (Lipinski definition) is 2. The normalized spacial score (nSPS) is 10.5. The van der Waals surface area contributed by atoms with Crippen LogP contribution < -0.4 is 10.6 Å². The molecule has 1 aromatic heterocycles. The van der Waals surface area contributed by atoms with Crippen LogP contribution >= 0.6 is 0 Å². The fourth-order valence-corrected chi connectivity index (χ4v) is 2.15. The molecule has 5 nitrogen and oxygen atoms in total. The molecule has 0 saturated carbocycles. The number of carbonyl (C=O) groups is 2. The van der Waals surface area contributed by atoms with Gasteiger partial charge < -0.3 is 10.6 Å². The topological polar surface area (TPSA) is 71.1 Å². The van der Waals surface area contributed by atoms with Gasteiger partial charge in [-0.15, -0.1) is 0 Å². The zero-order valence-electron chi connectivity index (χ0n) is 14.5. The van der Waals surface area contributed by atoms with Crippen LogP contribution in [0.2, 0.25) is 0 Å². The number of nitrogens with one attached hydrogen (secondary N) is 2. The smallest absolute Gasteiger partial charge is 0.257 e. The Hall–Kier alpha value is -2.69. The van der Waals surface area contributed by atoms with Crippen LogP contribution in [0.4, 0.5) is 5.69 Å². The van der Waals surface area contributed by atoms with Gasteiger partial charge in [-0.25, -0.2) is 0 Å². The van der Waals surface area contributed by atoms with Crippen LogP contribution in [0.5, 0.6) is 0 Å². The average molecular weight is 325 g/mol. The zero-order valence-corrected chi connectivity index (χ0v) is 14.5. The third kappa shape index (κ3) is 4.65. The van der Waals surface area contributed by atoms with Gasteiger partial charge in [0.15, 0.2) is 0 Å². The fourth-order valence-electron chi connectivity index (χ4n) is 2.15. The molecule has 0 unspecified atom stereocenters. The fraction of sp³-hybridized carbons (Fsp3) is 0.316. The van der Waals surface area contributed by atoms with E-state index >= 15 is 0 Å². The van der Waals surface area contributed by atoms with Crippen LogP contribution in [0.25, 0.3) is 0 Å². The molecule has 2 N–H and O–H groups in total. The van der Waals surface area contributed by atoms with Gasteiger partial charge in [0, 0.05) is 24.6 Å². The second kappa shape index (κ2) is 7.73. The van der Waals surface area contributed by atoms with Gasteiger partial charge in [0.2, 0.25) is 0 Å². The van der Waals surface area contributed by atoms with Crippen LogP contribution in [-0.4, -0.2) is 23.3 Å². The first-order valence-corrected chi connectivity index (χ1v) is 7.98. The predicted molar refractivity (Wildman–Crippen MR) is 95.3 cm³/mol. The van der Waals surface area contributed by atoms with E-state index in [1.54, 1.807) is 6.07 Å². The van der Waals surface area contributed by atoms with E-state index in [0.717, 1.165) is 16.8 Å². The molecule has 0 aliphatic heterocycles. The maximum Gasteiger partial charge on any atom is 0.257 e. The minimum atomic E-state index is -0.283. The molecule has 0 saturated heterocycles. The number of amides is 2. The molecule has 0 fully saturated rings. The summed E-state index contributed by atoms with van der Waals surface area (Å²) in [5.74, 6) is -0.148. The van der Waals surface area contributed by atoms with Gasteiger partial charge in [0.25, 0.3) is 11.8 Å². The van der Waals surface area contributed by atoms with Gasteiger partial charge in [-0.1, -0.05) is 26.0 Å². The summed E-state index contributed by atoms with van der Waals surface area (Å²) >= 11 is 0. The summed E-state index contributed by atoms with van der Waals surface area (Å²) in [7, 11) is 0. The Morgan fingerprint density at radius 2 is 1.71 bits per heavy atom. The molecular weight excluding hydrogens is 302 g/mol. The summed E-state index contributed by atoms with van der Waals surface area (Å²) in [6.07, 6.45) is 2.92. The van der Waals surface area contributed by atoms with Gasteiger partial charge in [0.05, 0.1) is 11.1 Å². The summed E-state index contributed by atoms with van der Waals surface area (Å²) in [5.41, 5.74) is 3.54. The molecule has 1 aromatic carbocycles. The van der Waals surface area contributed by atoms with Crippen molar-refractivity contribution in [3.05, 3.63) is 58.9 Å². The number of pyridine rings is 1. The Bertz CT molecular complexity index is 754. The number of anilines is 1. The van der Waals surface area contributed by atoms with Crippen LogP contribution in [0.15, 0.2) is 36.7 Å². The van der Waals surface area contributed by atoms with Crippen molar-refractivity contribution in [3.8, 4) is 0 Å². The highest BCUT2D eigenvalue weighted by Crippen LogP contribution is 2.17. The molecule has 2 rings (SSSR count). The number of benzene rings is 1. The molecule has 0 atom stereocenters. The molecule has 1 heterocycles. The Morgan fingerprint density at radius 3 is 2.38 bits per heavy atom. The maximum absolute atomic E-state index is 12.4. The second-order valence-electron chi connectivity index (χ2n) is 6.34. The quantitative estimate of drug-likeness (QED) is 0.885. The van der Waals surface area contributed by atoms with E-state index in [4.69, 9.17) is 0 Å². The van der Waals surface area contributed by atoms with E-state index in [1.165, 1.54) is 12.4 Å². The predicted octanol–water partition coefficient (Wildman–Crippen LogP) is 3.34. The summed E-state index contributed by atoms with van der Waals surface area (Å²) in [5, 5.41) is 5.69. The van der Waals surface area contributed by atoms with Crippen LogP contribution in [-0.2, 0) is 0 Å². The van der Waals surface area contributed by atoms with Crippen molar-refractivity contribution in [1.82, 2.24) is 10.3 Å². The van der Waals surface area contributed by atoms with Gasteiger partial charge in [-0.2, -0.15) is 0 Å². The first kappa shape index (κ1) is 17.7. The van der Waals surface area contributed by atoms with Crippen molar-refractivity contribution in [2.24, 2.45) is 5.92 Å². The lowest BCUT2D eigenvalue weighted by molar-refractivity contribution is 0.0948. The number of aromatic nitrogens is 1. The first-order chi connectivity index (χ1) is 11.4. The van der Waals surface area contributed by atoms with Gasteiger partial charge in [-0.3, -0.25) is 14.6 Å². The van der Waals surface area contributed by atoms with Crippen LogP contribution in [0, 0.1) is 19.8 Å². The number of rotatable bonds is 5. The Morgan fingerprint density at radius 1 is 1.04 bits per heavy atom. The van der Waals surface area contributed by atoms with E-state index in [2.05, 4.69) is 15.6 Å². The monoisotopic (exact) mass is 325 g/mol. The molecule has 0 aliphatic rings. The first-order valence-electron chi connectivity index (χ1n) is 7.98. The van der Waals surface area contributed by atoms with E-state index in [0.29, 0.717) is 23.6 Å². The number of carbonyl (C=O) groups excluding carboxylic acids is 2. The summed E-state index contributed by atoms with van der Waals surface area (Å²) < 4.78 is 0. The Kier molecular flexibility index (Phi) is 5.68. The van der Waals surface area contributed by atoms with Gasteiger partial charge >= 0.3 is 0 Å². The third-order valence-electron chi connectivity index (χ3n) is 3.57. The van der Waals surface area contributed by atoms with E-state index in [-0.39, 0.29) is 11.8 Å². The molecule has 2 amide bonds. The van der Waals surface area contributed by atoms with E-state index in [9.17, 15) is 9.59 Å². The minimum absolute atomic E-state index is 0.224. The van der Waals surface area contributed by atoms with Crippen LogP contribution in [0.1, 0.15) is 45.7 Å². The third-order valence-corrected chi connectivity index (χ3v) is 3.57. The molecule has 24 heavy (non-hydrogen) atoms. The van der Waals surface area contributed by atoms with Crippen molar-refractivity contribution in [2.75, 3.05) is 11.9 Å². The molecule has 5 heteroatoms. The summed E-state index contributed by atoms with van der Waals surface area (Å²) in [6, 6.07) is 7.42. The molecule has 0 radical (unpaired) electrons. The van der Waals surface area contributed by atoms with Crippen molar-refractivity contribution in [2.45, 2.75) is 27.7 Å². The summed E-state index contributed by atoms with van der Waals surface area (Å²) in [4.78, 5) is 28.5. The number of hydrogen-bond acceptors (Lipinski definition) is 3. The second-order valence-corrected chi connectivity index (χ2v) is 6.34. The van der Waals surface area contributed by atoms with Crippen LogP contribution in [0.3, 0.4) is 0 Å². The van der Waals surface area contributed by atoms with Gasteiger partial charge in [-0.05, 0) is 43.0 Å². The highest BCUT2D eigenvalue weighted by Gasteiger charge is 2.12. The van der Waals surface area contributed by atoms with E-state index < -0.39 is 0 Å². The molecule has 2 aromatic rings. The molecule has 0 aliphatic carbocycles. The average Bonchev–Trinajstić information content (AvgIpc) is 2.56. The van der Waals surface area contributed by atoms with Crippen molar-refractivity contribution in [3.63, 3.8) is 0 Å². The molecular formula is C19H23N3O2. The van der Waals surface area contributed by atoms with Crippen molar-refractivity contribution in [1.29, 1.82) is 0 Å². The highest BCUT2D eigenvalue weighted by atomic mass is 16.2. The lowest BCUT2D eigenvalue weighted by Crippen LogP contribution is -2.27. The lowest BCUT2D eigenvalue weighted by Gasteiger charge is -2.10. The zero-order chi connectivity index (χ0) is 17.7. The minimum Gasteiger partial charge on any atom is -0.352 e. The highest BCUT2D eigenvalue weighted by molar-refractivity contribution is 6.06. The molecule has 126 valence electrons. The number of aryl methyl sites for hydroxylation is 2. The SMILES string of the molecule is Cc1ccc(C)c(NC(=O)c2cncc(C(=O)NCC(C)C)c2)c1. The van der Waals surface area contributed by atoms with Gasteiger partial charge in [0.1, 0.15) is 0 Å². The lowest BCUT2D eigenvalue weighted by atomic mass is 10.1. The maximum atomic E-state index is 12.4. The van der Waals surface area contributed by atoms with Crippen molar-refractivity contribution >= 4 is 17.5 Å². The molecule has 0 bridgehead atoms. The van der Waals surface area contributed by atoms with E-state index in [1.807, 2.05) is 45.9 Å². The number of nitrogens with zero attached hydrogens (tertiary/aromatic N) is 1. The Labute approximate surface area is 142 Å². The Balaban J connectivity index is 2.14. The van der Waals surface area contributed by atoms with Crippen molar-refractivity contribution < 1.29 is 9.59 Å².